The first-order chi connectivity index (χ1) is 21.7. The van der Waals surface area contributed by atoms with Crippen LogP contribution in [0, 0.1) is 0 Å². The molecule has 0 fully saturated rings. The lowest BCUT2D eigenvalue weighted by Crippen LogP contribution is -2.54. The number of ether oxygens (including phenoxy) is 2. The number of amides is 1. The highest BCUT2D eigenvalue weighted by atomic mass is 16.8. The van der Waals surface area contributed by atoms with Gasteiger partial charge in [0.1, 0.15) is 12.2 Å². The Hall–Kier alpha value is -4.96. The summed E-state index contributed by atoms with van der Waals surface area (Å²) < 4.78 is 11.1. The Morgan fingerprint density at radius 1 is 0.826 bits per heavy atom. The molecule has 3 aromatic carbocycles. The molecule has 1 aromatic heterocycles. The molecule has 0 spiro atoms. The zero-order valence-electron chi connectivity index (χ0n) is 27.1. The molecule has 10 heteroatoms. The van der Waals surface area contributed by atoms with Gasteiger partial charge in [-0.1, -0.05) is 65.8 Å². The number of hydroxylamine groups is 1. The molecule has 0 saturated carbocycles. The van der Waals surface area contributed by atoms with Gasteiger partial charge in [-0.2, -0.15) is 0 Å². The van der Waals surface area contributed by atoms with Crippen LogP contribution in [-0.2, 0) is 36.9 Å². The monoisotopic (exact) mass is 627 g/mol. The third kappa shape index (κ3) is 9.52. The number of benzene rings is 3. The number of carbonyl (C=O) groups is 3. The van der Waals surface area contributed by atoms with Crippen molar-refractivity contribution in [2.45, 2.75) is 78.2 Å². The van der Waals surface area contributed by atoms with Gasteiger partial charge in [0, 0.05) is 24.2 Å². The van der Waals surface area contributed by atoms with E-state index in [-0.39, 0.29) is 19.0 Å². The van der Waals surface area contributed by atoms with Gasteiger partial charge in [-0.15, -0.1) is 0 Å². The number of anilines is 1. The van der Waals surface area contributed by atoms with E-state index in [4.69, 9.17) is 14.3 Å². The van der Waals surface area contributed by atoms with Crippen LogP contribution in [0.15, 0.2) is 91.3 Å². The van der Waals surface area contributed by atoms with Crippen molar-refractivity contribution in [3.05, 3.63) is 108 Å². The first kappa shape index (κ1) is 33.9. The number of carbonyl (C=O) groups excluding carboxylic acids is 2. The standard InChI is InChI=1S/C36H41N3O7/c1-35(2,3)45-34(43)39(46-36(4,5)6)38(30-18-17-29-23-37-21-20-28(29)22-30)32(33(41)42)27-15-12-25(13-16-27)14-19-31(40)44-24-26-10-8-7-9-11-26/h7-13,15-18,20-23,32H,14,19,24H2,1-6H3,(H,41,42). The van der Waals surface area contributed by atoms with Gasteiger partial charge in [-0.3, -0.25) is 9.78 Å². The molecule has 1 amide bonds. The number of aryl methyl sites for hydroxylation is 1. The summed E-state index contributed by atoms with van der Waals surface area (Å²) >= 11 is 0. The van der Waals surface area contributed by atoms with Crippen molar-refractivity contribution >= 4 is 34.5 Å². The molecule has 1 N–H and O–H groups in total. The summed E-state index contributed by atoms with van der Waals surface area (Å²) in [6.45, 7) is 10.6. The topological polar surface area (TPSA) is 119 Å². The number of rotatable bonds is 11. The predicted molar refractivity (Wildman–Crippen MR) is 175 cm³/mol. The van der Waals surface area contributed by atoms with Gasteiger partial charge in [-0.25, -0.2) is 19.4 Å². The van der Waals surface area contributed by atoms with Crippen LogP contribution in [0.2, 0.25) is 0 Å². The van der Waals surface area contributed by atoms with Gasteiger partial charge in [0.25, 0.3) is 0 Å². The quantitative estimate of drug-likeness (QED) is 0.134. The summed E-state index contributed by atoms with van der Waals surface area (Å²) in [6.07, 6.45) is 3.03. The minimum Gasteiger partial charge on any atom is -0.479 e. The number of nitrogens with zero attached hydrogens (tertiary/aromatic N) is 3. The minimum absolute atomic E-state index is 0.165. The zero-order valence-corrected chi connectivity index (χ0v) is 27.1. The van der Waals surface area contributed by atoms with Crippen LogP contribution in [0.3, 0.4) is 0 Å². The van der Waals surface area contributed by atoms with Crippen LogP contribution in [0.4, 0.5) is 10.5 Å². The first-order valence-electron chi connectivity index (χ1n) is 15.1. The van der Waals surface area contributed by atoms with Crippen LogP contribution in [0.1, 0.15) is 70.7 Å². The molecule has 0 radical (unpaired) electrons. The van der Waals surface area contributed by atoms with E-state index in [0.29, 0.717) is 17.7 Å². The van der Waals surface area contributed by atoms with Crippen molar-refractivity contribution < 1.29 is 33.8 Å². The average molecular weight is 628 g/mol. The summed E-state index contributed by atoms with van der Waals surface area (Å²) in [6, 6.07) is 22.0. The van der Waals surface area contributed by atoms with E-state index in [0.717, 1.165) is 27.1 Å². The summed E-state index contributed by atoms with van der Waals surface area (Å²) in [5.74, 6) is -1.56. The largest absolute Gasteiger partial charge is 0.479 e. The molecule has 1 heterocycles. The molecule has 242 valence electrons. The number of aromatic nitrogens is 1. The van der Waals surface area contributed by atoms with E-state index in [2.05, 4.69) is 4.98 Å². The van der Waals surface area contributed by atoms with E-state index in [1.165, 1.54) is 5.01 Å². The van der Waals surface area contributed by atoms with Gasteiger partial charge < -0.3 is 14.6 Å². The Balaban J connectivity index is 1.67. The van der Waals surface area contributed by atoms with E-state index in [1.54, 1.807) is 102 Å². The molecule has 0 bridgehead atoms. The summed E-state index contributed by atoms with van der Waals surface area (Å²) in [7, 11) is 0. The Kier molecular flexibility index (Phi) is 10.6. The molecule has 46 heavy (non-hydrogen) atoms. The predicted octanol–water partition coefficient (Wildman–Crippen LogP) is 7.43. The molecule has 4 aromatic rings. The van der Waals surface area contributed by atoms with E-state index in [1.807, 2.05) is 30.3 Å². The maximum absolute atomic E-state index is 13.7. The number of pyridine rings is 1. The van der Waals surface area contributed by atoms with Crippen molar-refractivity contribution in [2.75, 3.05) is 5.01 Å². The van der Waals surface area contributed by atoms with E-state index in [9.17, 15) is 19.5 Å². The maximum Gasteiger partial charge on any atom is 0.454 e. The Morgan fingerprint density at radius 3 is 2.15 bits per heavy atom. The SMILES string of the molecule is CC(C)(C)OC(=O)N(OC(C)(C)C)N(c1ccc2cnccc2c1)C(C(=O)O)c1ccc(CCC(=O)OCc2ccccc2)cc1. The van der Waals surface area contributed by atoms with Gasteiger partial charge in [0.2, 0.25) is 0 Å². The highest BCUT2D eigenvalue weighted by molar-refractivity contribution is 5.88. The molecular weight excluding hydrogens is 586 g/mol. The summed E-state index contributed by atoms with van der Waals surface area (Å²) in [4.78, 5) is 49.5. The van der Waals surface area contributed by atoms with Crippen LogP contribution in [-0.4, -0.2) is 44.5 Å². The lowest BCUT2D eigenvalue weighted by Gasteiger charge is -2.41. The van der Waals surface area contributed by atoms with Gasteiger partial charge in [0.15, 0.2) is 6.04 Å². The molecule has 1 unspecified atom stereocenters. The minimum atomic E-state index is -1.40. The van der Waals surface area contributed by atoms with Crippen molar-refractivity contribution in [1.82, 2.24) is 10.2 Å². The van der Waals surface area contributed by atoms with Gasteiger partial charge in [0.05, 0.1) is 11.3 Å². The van der Waals surface area contributed by atoms with Crippen LogP contribution in [0.5, 0.6) is 0 Å². The van der Waals surface area contributed by atoms with Gasteiger partial charge in [-0.05, 0) is 88.2 Å². The third-order valence-electron chi connectivity index (χ3n) is 6.63. The van der Waals surface area contributed by atoms with Crippen LogP contribution >= 0.6 is 0 Å². The molecule has 0 aliphatic rings. The van der Waals surface area contributed by atoms with Gasteiger partial charge >= 0.3 is 18.0 Å². The number of hydrogen-bond donors (Lipinski definition) is 1. The van der Waals surface area contributed by atoms with Crippen molar-refractivity contribution in [3.63, 3.8) is 0 Å². The second-order valence-corrected chi connectivity index (χ2v) is 12.8. The number of esters is 1. The normalized spacial score (nSPS) is 12.3. The molecular formula is C36H41N3O7. The van der Waals surface area contributed by atoms with E-state index >= 15 is 0 Å². The maximum atomic E-state index is 13.7. The fourth-order valence-corrected chi connectivity index (χ4v) is 4.61. The Labute approximate surface area is 269 Å². The zero-order chi connectivity index (χ0) is 33.5. The summed E-state index contributed by atoms with van der Waals surface area (Å²) in [5, 5.41) is 14.5. The number of hydrazine groups is 1. The average Bonchev–Trinajstić information content (AvgIpc) is 3.00. The highest BCUT2D eigenvalue weighted by Crippen LogP contribution is 2.34. The number of fused-ring (bicyclic) bond motifs is 1. The van der Waals surface area contributed by atoms with E-state index < -0.39 is 29.3 Å². The van der Waals surface area contributed by atoms with Crippen molar-refractivity contribution in [1.29, 1.82) is 0 Å². The molecule has 10 nitrogen and oxygen atoms in total. The fraction of sp³-hybridized carbons (Fsp3) is 0.333. The molecule has 1 atom stereocenters. The smallest absolute Gasteiger partial charge is 0.454 e. The third-order valence-corrected chi connectivity index (χ3v) is 6.63. The number of carboxylic acids is 1. The second kappa shape index (κ2) is 14.4. The van der Waals surface area contributed by atoms with Crippen molar-refractivity contribution in [3.8, 4) is 0 Å². The summed E-state index contributed by atoms with van der Waals surface area (Å²) in [5.41, 5.74) is 0.695. The highest BCUT2D eigenvalue weighted by Gasteiger charge is 2.40. The lowest BCUT2D eigenvalue weighted by molar-refractivity contribution is -0.221. The lowest BCUT2D eigenvalue weighted by atomic mass is 10.0. The Bertz CT molecular complexity index is 1640. The molecule has 0 aliphatic heterocycles. The molecule has 4 rings (SSSR count). The first-order valence-corrected chi connectivity index (χ1v) is 15.1. The number of aliphatic carboxylic acids is 1. The van der Waals surface area contributed by atoms with Crippen LogP contribution in [0.25, 0.3) is 10.8 Å². The number of carboxylic acid groups (broad SMARTS) is 1. The van der Waals surface area contributed by atoms with Crippen LogP contribution < -0.4 is 5.01 Å². The second-order valence-electron chi connectivity index (χ2n) is 12.8. The number of hydrogen-bond acceptors (Lipinski definition) is 8. The molecule has 0 aliphatic carbocycles. The Morgan fingerprint density at radius 2 is 1.52 bits per heavy atom. The fourth-order valence-electron chi connectivity index (χ4n) is 4.61. The molecule has 0 saturated heterocycles. The van der Waals surface area contributed by atoms with Crippen molar-refractivity contribution in [2.24, 2.45) is 0 Å².